The van der Waals surface area contributed by atoms with E-state index in [1.807, 2.05) is 0 Å². The molecule has 2 N–H and O–H groups in total. The molecule has 0 unspecified atom stereocenters. The average Bonchev–Trinajstić information content (AvgIpc) is 3.10. The highest BCUT2D eigenvalue weighted by Gasteiger charge is 2.27. The number of aromatic nitrogens is 4. The van der Waals surface area contributed by atoms with Crippen LogP contribution in [0.5, 0.6) is 5.88 Å². The smallest absolute Gasteiger partial charge is 0.392 e. The van der Waals surface area contributed by atoms with E-state index in [0.29, 0.717) is 28.7 Å². The quantitative estimate of drug-likeness (QED) is 0.512. The van der Waals surface area contributed by atoms with Crippen LogP contribution in [-0.2, 0) is 17.8 Å². The Labute approximate surface area is 180 Å². The van der Waals surface area contributed by atoms with Crippen LogP contribution < -0.4 is 10.1 Å². The molecule has 0 fully saturated rings. The second-order valence-electron chi connectivity index (χ2n) is 6.61. The zero-order chi connectivity index (χ0) is 22.4. The van der Waals surface area contributed by atoms with E-state index in [1.54, 1.807) is 29.2 Å². The van der Waals surface area contributed by atoms with Crippen LogP contribution in [0.1, 0.15) is 17.7 Å². The molecule has 0 saturated carbocycles. The third-order valence-electron chi connectivity index (χ3n) is 4.16. The number of aliphatic hydroxyl groups is 1. The Kier molecular flexibility index (Phi) is 7.29. The summed E-state index contributed by atoms with van der Waals surface area (Å²) in [5.41, 5.74) is 1.85. The van der Waals surface area contributed by atoms with Gasteiger partial charge in [0.15, 0.2) is 0 Å². The van der Waals surface area contributed by atoms with Crippen molar-refractivity contribution in [2.24, 2.45) is 0 Å². The number of ether oxygens (including phenoxy) is 1. The topological polar surface area (TPSA) is 102 Å². The second-order valence-corrected chi connectivity index (χ2v) is 7.02. The molecule has 0 atom stereocenters. The molecule has 0 saturated heterocycles. The third-order valence-corrected chi connectivity index (χ3v) is 4.43. The molecule has 0 aliphatic rings. The molecule has 0 aromatic carbocycles. The first kappa shape index (κ1) is 22.8. The van der Waals surface area contributed by atoms with E-state index in [0.717, 1.165) is 0 Å². The molecule has 31 heavy (non-hydrogen) atoms. The fraction of sp³-hybridized carbons (Fsp3) is 0.368. The molecule has 3 aromatic rings. The Morgan fingerprint density at radius 3 is 2.84 bits per heavy atom. The molecule has 8 nitrogen and oxygen atoms in total. The van der Waals surface area contributed by atoms with Gasteiger partial charge in [0.05, 0.1) is 43.8 Å². The predicted octanol–water partition coefficient (Wildman–Crippen LogP) is 2.51. The standard InChI is InChI=1S/C19H19ClF3N5O3/c20-14-7-12(9-26-18(14)31-6-2-19(21,22)23)10-28-11-13-15(27-28)1-3-24-16(13)8-17(30)25-4-5-29/h1,3,7,9,11,29H,2,4-6,8,10H2,(H,25,30). The van der Waals surface area contributed by atoms with Gasteiger partial charge in [0, 0.05) is 30.5 Å². The number of amides is 1. The van der Waals surface area contributed by atoms with Gasteiger partial charge in [-0.25, -0.2) is 4.98 Å². The highest BCUT2D eigenvalue weighted by molar-refractivity contribution is 6.31. The Bertz CT molecular complexity index is 1060. The summed E-state index contributed by atoms with van der Waals surface area (Å²) >= 11 is 6.08. The number of fused-ring (bicyclic) bond motifs is 1. The van der Waals surface area contributed by atoms with E-state index in [2.05, 4.69) is 20.4 Å². The van der Waals surface area contributed by atoms with E-state index < -0.39 is 19.2 Å². The number of nitrogens with one attached hydrogen (secondary N) is 1. The largest absolute Gasteiger partial charge is 0.476 e. The minimum absolute atomic E-state index is 0.0420. The summed E-state index contributed by atoms with van der Waals surface area (Å²) in [5.74, 6) is -0.334. The first-order chi connectivity index (χ1) is 14.7. The molecule has 3 aromatic heterocycles. The SMILES string of the molecule is O=C(Cc1nccc2nn(Cc3cnc(OCCC(F)(F)F)c(Cl)c3)cc12)NCCO. The minimum Gasteiger partial charge on any atom is -0.476 e. The summed E-state index contributed by atoms with van der Waals surface area (Å²) < 4.78 is 43.3. The molecule has 0 spiro atoms. The van der Waals surface area contributed by atoms with Crippen LogP contribution in [0, 0.1) is 0 Å². The first-order valence-electron chi connectivity index (χ1n) is 9.28. The third kappa shape index (κ3) is 6.53. The van der Waals surface area contributed by atoms with Crippen LogP contribution in [0.4, 0.5) is 13.2 Å². The molecule has 166 valence electrons. The van der Waals surface area contributed by atoms with Crippen molar-refractivity contribution in [1.82, 2.24) is 25.1 Å². The maximum atomic E-state index is 12.2. The molecule has 0 aliphatic carbocycles. The normalized spacial score (nSPS) is 11.6. The van der Waals surface area contributed by atoms with Crippen LogP contribution in [0.2, 0.25) is 5.02 Å². The fourth-order valence-corrected chi connectivity index (χ4v) is 3.03. The van der Waals surface area contributed by atoms with Gasteiger partial charge in [-0.3, -0.25) is 14.5 Å². The lowest BCUT2D eigenvalue weighted by Crippen LogP contribution is -2.28. The van der Waals surface area contributed by atoms with Gasteiger partial charge in [-0.2, -0.15) is 18.3 Å². The van der Waals surface area contributed by atoms with Crippen molar-refractivity contribution in [2.75, 3.05) is 19.8 Å². The van der Waals surface area contributed by atoms with Crippen molar-refractivity contribution >= 4 is 28.4 Å². The van der Waals surface area contributed by atoms with Crippen LogP contribution in [-0.4, -0.2) is 56.7 Å². The zero-order valence-corrected chi connectivity index (χ0v) is 16.9. The number of hydrogen-bond donors (Lipinski definition) is 2. The van der Waals surface area contributed by atoms with E-state index in [4.69, 9.17) is 21.4 Å². The van der Waals surface area contributed by atoms with E-state index >= 15 is 0 Å². The lowest BCUT2D eigenvalue weighted by molar-refractivity contribution is -0.139. The van der Waals surface area contributed by atoms with Gasteiger partial charge in [-0.05, 0) is 17.7 Å². The predicted molar refractivity (Wildman–Crippen MR) is 106 cm³/mol. The summed E-state index contributed by atoms with van der Waals surface area (Å²) in [4.78, 5) is 20.2. The van der Waals surface area contributed by atoms with Crippen LogP contribution in [0.15, 0.2) is 30.7 Å². The monoisotopic (exact) mass is 457 g/mol. The number of hydrogen-bond acceptors (Lipinski definition) is 6. The molecule has 0 radical (unpaired) electrons. The van der Waals surface area contributed by atoms with Gasteiger partial charge < -0.3 is 15.2 Å². The first-order valence-corrected chi connectivity index (χ1v) is 9.65. The second kappa shape index (κ2) is 9.92. The molecule has 3 rings (SSSR count). The van der Waals surface area contributed by atoms with Crippen LogP contribution >= 0.6 is 11.6 Å². The number of pyridine rings is 2. The molecule has 1 amide bonds. The van der Waals surface area contributed by atoms with Crippen molar-refractivity contribution in [3.63, 3.8) is 0 Å². The molecular formula is C19H19ClF3N5O3. The average molecular weight is 458 g/mol. The number of rotatable bonds is 9. The fourth-order valence-electron chi connectivity index (χ4n) is 2.79. The Morgan fingerprint density at radius 2 is 2.13 bits per heavy atom. The van der Waals surface area contributed by atoms with E-state index in [1.165, 1.54) is 6.20 Å². The molecule has 0 bridgehead atoms. The maximum absolute atomic E-state index is 12.2. The van der Waals surface area contributed by atoms with Crippen molar-refractivity contribution in [1.29, 1.82) is 0 Å². The number of carbonyl (C=O) groups excluding carboxylic acids is 1. The summed E-state index contributed by atoms with van der Waals surface area (Å²) in [7, 11) is 0. The minimum atomic E-state index is -4.32. The van der Waals surface area contributed by atoms with Crippen molar-refractivity contribution in [2.45, 2.75) is 25.6 Å². The zero-order valence-electron chi connectivity index (χ0n) is 16.2. The Morgan fingerprint density at radius 1 is 1.32 bits per heavy atom. The summed E-state index contributed by atoms with van der Waals surface area (Å²) in [6, 6.07) is 3.26. The van der Waals surface area contributed by atoms with Gasteiger partial charge in [0.2, 0.25) is 11.8 Å². The summed E-state index contributed by atoms with van der Waals surface area (Å²) in [6.07, 6.45) is -0.635. The van der Waals surface area contributed by atoms with Crippen molar-refractivity contribution in [3.8, 4) is 5.88 Å². The van der Waals surface area contributed by atoms with Crippen LogP contribution in [0.25, 0.3) is 10.9 Å². The lowest BCUT2D eigenvalue weighted by Gasteiger charge is -2.10. The molecular weight excluding hydrogens is 439 g/mol. The molecule has 12 heteroatoms. The maximum Gasteiger partial charge on any atom is 0.392 e. The number of aliphatic hydroxyl groups excluding tert-OH is 1. The highest BCUT2D eigenvalue weighted by atomic mass is 35.5. The van der Waals surface area contributed by atoms with E-state index in [9.17, 15) is 18.0 Å². The van der Waals surface area contributed by atoms with Crippen molar-refractivity contribution in [3.05, 3.63) is 47.0 Å². The van der Waals surface area contributed by atoms with Gasteiger partial charge in [-0.1, -0.05) is 11.6 Å². The number of carbonyl (C=O) groups is 1. The summed E-state index contributed by atoms with van der Waals surface area (Å²) in [6.45, 7) is -0.260. The van der Waals surface area contributed by atoms with Gasteiger partial charge in [-0.15, -0.1) is 0 Å². The van der Waals surface area contributed by atoms with Gasteiger partial charge in [0.1, 0.15) is 5.02 Å². The Balaban J connectivity index is 1.69. The number of halogens is 4. The van der Waals surface area contributed by atoms with Gasteiger partial charge >= 0.3 is 6.18 Å². The molecule has 0 aliphatic heterocycles. The number of nitrogens with zero attached hydrogens (tertiary/aromatic N) is 4. The van der Waals surface area contributed by atoms with Crippen molar-refractivity contribution < 1.29 is 27.8 Å². The Hall–Kier alpha value is -2.92. The number of alkyl halides is 3. The highest BCUT2D eigenvalue weighted by Crippen LogP contribution is 2.25. The molecule has 3 heterocycles. The van der Waals surface area contributed by atoms with Gasteiger partial charge in [0.25, 0.3) is 0 Å². The lowest BCUT2D eigenvalue weighted by atomic mass is 10.2. The van der Waals surface area contributed by atoms with Crippen LogP contribution in [0.3, 0.4) is 0 Å². The van der Waals surface area contributed by atoms with E-state index in [-0.39, 0.29) is 36.4 Å². The summed E-state index contributed by atoms with van der Waals surface area (Å²) in [5, 5.41) is 16.6.